The molecule has 0 aromatic heterocycles. The maximum Gasteiger partial charge on any atom is 0.230 e. The number of carbonyl (C=O) groups is 1. The third-order valence-electron chi connectivity index (χ3n) is 3.51. The number of carbonyl (C=O) groups excluding carboxylic acids is 1. The van der Waals surface area contributed by atoms with Gasteiger partial charge in [0.05, 0.1) is 25.0 Å². The van der Waals surface area contributed by atoms with Gasteiger partial charge in [0.2, 0.25) is 5.91 Å². The van der Waals surface area contributed by atoms with Gasteiger partial charge in [0.15, 0.2) is 0 Å². The zero-order valence-electron chi connectivity index (χ0n) is 11.7. The standard InChI is InChI=1S/C15H21NO3S/c1-19-11-6-8-12(9-7-11)20-10-15(18)16-13-4-2-3-5-14(13)17/h6-9,13-14,17H,2-5,10H2,1H3,(H,16,18). The second kappa shape index (κ2) is 7.55. The highest BCUT2D eigenvalue weighted by molar-refractivity contribution is 8.00. The van der Waals surface area contributed by atoms with Crippen LogP contribution in [0.4, 0.5) is 0 Å². The first-order chi connectivity index (χ1) is 9.69. The van der Waals surface area contributed by atoms with E-state index in [0.717, 1.165) is 36.3 Å². The summed E-state index contributed by atoms with van der Waals surface area (Å²) in [7, 11) is 1.63. The third-order valence-corrected chi connectivity index (χ3v) is 4.52. The number of methoxy groups -OCH3 is 1. The number of nitrogens with one attached hydrogen (secondary N) is 1. The number of hydrogen-bond donors (Lipinski definition) is 2. The highest BCUT2D eigenvalue weighted by Gasteiger charge is 2.24. The Bertz CT molecular complexity index is 435. The molecule has 0 spiro atoms. The number of aliphatic hydroxyl groups is 1. The molecule has 2 N–H and O–H groups in total. The van der Waals surface area contributed by atoms with Crippen molar-refractivity contribution in [2.24, 2.45) is 0 Å². The highest BCUT2D eigenvalue weighted by Crippen LogP contribution is 2.22. The van der Waals surface area contributed by atoms with Crippen LogP contribution in [-0.2, 0) is 4.79 Å². The van der Waals surface area contributed by atoms with Crippen molar-refractivity contribution in [3.05, 3.63) is 24.3 Å². The Morgan fingerprint density at radius 2 is 2.05 bits per heavy atom. The number of hydrogen-bond acceptors (Lipinski definition) is 4. The molecule has 0 aliphatic heterocycles. The van der Waals surface area contributed by atoms with Gasteiger partial charge in [-0.2, -0.15) is 0 Å². The molecule has 1 amide bonds. The number of amides is 1. The number of benzene rings is 1. The smallest absolute Gasteiger partial charge is 0.230 e. The fourth-order valence-electron chi connectivity index (χ4n) is 2.35. The summed E-state index contributed by atoms with van der Waals surface area (Å²) in [5.74, 6) is 1.16. The lowest BCUT2D eigenvalue weighted by atomic mass is 9.93. The summed E-state index contributed by atoms with van der Waals surface area (Å²) in [4.78, 5) is 12.9. The van der Waals surface area contributed by atoms with Gasteiger partial charge in [0.25, 0.3) is 0 Å². The van der Waals surface area contributed by atoms with Gasteiger partial charge in [-0.3, -0.25) is 4.79 Å². The van der Waals surface area contributed by atoms with Crippen molar-refractivity contribution < 1.29 is 14.6 Å². The number of rotatable bonds is 5. The van der Waals surface area contributed by atoms with Crippen LogP contribution < -0.4 is 10.1 Å². The van der Waals surface area contributed by atoms with E-state index in [1.54, 1.807) is 7.11 Å². The molecule has 20 heavy (non-hydrogen) atoms. The normalized spacial score (nSPS) is 22.3. The lowest BCUT2D eigenvalue weighted by Crippen LogP contribution is -2.45. The minimum Gasteiger partial charge on any atom is -0.497 e. The molecule has 2 atom stereocenters. The molecule has 2 unspecified atom stereocenters. The van der Waals surface area contributed by atoms with Gasteiger partial charge in [-0.1, -0.05) is 12.8 Å². The van der Waals surface area contributed by atoms with E-state index < -0.39 is 6.10 Å². The summed E-state index contributed by atoms with van der Waals surface area (Å²) in [6.45, 7) is 0. The lowest BCUT2D eigenvalue weighted by molar-refractivity contribution is -0.120. The summed E-state index contributed by atoms with van der Waals surface area (Å²) in [5.41, 5.74) is 0. The Balaban J connectivity index is 1.76. The van der Waals surface area contributed by atoms with Crippen LogP contribution in [0.15, 0.2) is 29.2 Å². The molecular formula is C15H21NO3S. The van der Waals surface area contributed by atoms with Crippen molar-refractivity contribution in [2.45, 2.75) is 42.7 Å². The van der Waals surface area contributed by atoms with Crippen molar-refractivity contribution >= 4 is 17.7 Å². The molecule has 0 saturated heterocycles. The number of aliphatic hydroxyl groups excluding tert-OH is 1. The predicted octanol–water partition coefficient (Wildman–Crippen LogP) is 2.21. The van der Waals surface area contributed by atoms with Crippen LogP contribution in [0.1, 0.15) is 25.7 Å². The zero-order chi connectivity index (χ0) is 14.4. The Morgan fingerprint density at radius 3 is 2.70 bits per heavy atom. The fourth-order valence-corrected chi connectivity index (χ4v) is 3.06. The van der Waals surface area contributed by atoms with Crippen LogP contribution in [0.3, 0.4) is 0 Å². The van der Waals surface area contributed by atoms with Gasteiger partial charge in [-0.15, -0.1) is 11.8 Å². The van der Waals surface area contributed by atoms with Crippen molar-refractivity contribution in [1.29, 1.82) is 0 Å². The first-order valence-electron chi connectivity index (χ1n) is 6.93. The van der Waals surface area contributed by atoms with Crippen molar-refractivity contribution in [3.8, 4) is 5.75 Å². The molecule has 110 valence electrons. The monoisotopic (exact) mass is 295 g/mol. The largest absolute Gasteiger partial charge is 0.497 e. The molecule has 2 rings (SSSR count). The topological polar surface area (TPSA) is 58.6 Å². The van der Waals surface area contributed by atoms with Gasteiger partial charge in [-0.05, 0) is 37.1 Å². The van der Waals surface area contributed by atoms with Gasteiger partial charge < -0.3 is 15.2 Å². The Morgan fingerprint density at radius 1 is 1.35 bits per heavy atom. The van der Waals surface area contributed by atoms with Crippen LogP contribution in [0.2, 0.25) is 0 Å². The van der Waals surface area contributed by atoms with Crippen molar-refractivity contribution in [1.82, 2.24) is 5.32 Å². The molecule has 0 radical (unpaired) electrons. The number of ether oxygens (including phenoxy) is 1. The minimum absolute atomic E-state index is 0.0169. The SMILES string of the molecule is COc1ccc(SCC(=O)NC2CCCCC2O)cc1. The highest BCUT2D eigenvalue weighted by atomic mass is 32.2. The van der Waals surface area contributed by atoms with Gasteiger partial charge in [-0.25, -0.2) is 0 Å². The maximum atomic E-state index is 11.9. The van der Waals surface area contributed by atoms with E-state index in [0.29, 0.717) is 5.75 Å². The van der Waals surface area contributed by atoms with Crippen molar-refractivity contribution in [2.75, 3.05) is 12.9 Å². The fraction of sp³-hybridized carbons (Fsp3) is 0.533. The molecule has 4 nitrogen and oxygen atoms in total. The molecule has 1 aromatic rings. The van der Waals surface area contributed by atoms with Crippen LogP contribution >= 0.6 is 11.8 Å². The Labute approximate surface area is 123 Å². The molecule has 1 saturated carbocycles. The first kappa shape index (κ1) is 15.2. The lowest BCUT2D eigenvalue weighted by Gasteiger charge is -2.28. The first-order valence-corrected chi connectivity index (χ1v) is 7.92. The molecule has 1 aliphatic carbocycles. The molecule has 0 heterocycles. The van der Waals surface area contributed by atoms with Crippen LogP contribution in [-0.4, -0.2) is 36.0 Å². The molecule has 1 fully saturated rings. The van der Waals surface area contributed by atoms with Gasteiger partial charge >= 0.3 is 0 Å². The van der Waals surface area contributed by atoms with Crippen LogP contribution in [0.5, 0.6) is 5.75 Å². The molecule has 5 heteroatoms. The van der Waals surface area contributed by atoms with E-state index in [1.807, 2.05) is 24.3 Å². The van der Waals surface area contributed by atoms with E-state index in [-0.39, 0.29) is 11.9 Å². The average molecular weight is 295 g/mol. The summed E-state index contributed by atoms with van der Waals surface area (Å²) >= 11 is 1.49. The van der Waals surface area contributed by atoms with Crippen LogP contribution in [0, 0.1) is 0 Å². The quantitative estimate of drug-likeness (QED) is 0.818. The Hall–Kier alpha value is -1.20. The third kappa shape index (κ3) is 4.42. The van der Waals surface area contributed by atoms with E-state index in [9.17, 15) is 9.90 Å². The maximum absolute atomic E-state index is 11.9. The zero-order valence-corrected chi connectivity index (χ0v) is 12.5. The average Bonchev–Trinajstić information content (AvgIpc) is 2.48. The summed E-state index contributed by atoms with van der Waals surface area (Å²) in [5, 5.41) is 12.8. The Kier molecular flexibility index (Phi) is 5.73. The molecule has 1 aliphatic rings. The van der Waals surface area contributed by atoms with E-state index in [4.69, 9.17) is 4.74 Å². The summed E-state index contributed by atoms with van der Waals surface area (Å²) < 4.78 is 5.09. The molecular weight excluding hydrogens is 274 g/mol. The summed E-state index contributed by atoms with van der Waals surface area (Å²) in [6.07, 6.45) is 3.40. The summed E-state index contributed by atoms with van der Waals surface area (Å²) in [6, 6.07) is 7.56. The van der Waals surface area contributed by atoms with Crippen LogP contribution in [0.25, 0.3) is 0 Å². The van der Waals surface area contributed by atoms with Crippen molar-refractivity contribution in [3.63, 3.8) is 0 Å². The van der Waals surface area contributed by atoms with Gasteiger partial charge in [0.1, 0.15) is 5.75 Å². The predicted molar refractivity (Wildman–Crippen MR) is 80.1 cm³/mol. The van der Waals surface area contributed by atoms with E-state index in [2.05, 4.69) is 5.32 Å². The number of thioether (sulfide) groups is 1. The van der Waals surface area contributed by atoms with Gasteiger partial charge in [0, 0.05) is 4.90 Å². The molecule has 1 aromatic carbocycles. The second-order valence-electron chi connectivity index (χ2n) is 4.99. The second-order valence-corrected chi connectivity index (χ2v) is 6.04. The van der Waals surface area contributed by atoms with E-state index in [1.165, 1.54) is 11.8 Å². The molecule has 0 bridgehead atoms. The van der Waals surface area contributed by atoms with E-state index >= 15 is 0 Å². The minimum atomic E-state index is -0.390.